The second kappa shape index (κ2) is 5.51. The first-order valence-corrected chi connectivity index (χ1v) is 7.64. The lowest BCUT2D eigenvalue weighted by Crippen LogP contribution is -2.24. The van der Waals surface area contributed by atoms with Gasteiger partial charge in [0.2, 0.25) is 0 Å². The highest BCUT2D eigenvalue weighted by Crippen LogP contribution is 2.34. The Morgan fingerprint density at radius 3 is 2.22 bits per heavy atom. The highest BCUT2D eigenvalue weighted by atomic mass is 32.1. The molecule has 0 atom stereocenters. The minimum atomic E-state index is 0.551. The zero-order valence-electron chi connectivity index (χ0n) is 12.4. The minimum absolute atomic E-state index is 0.551. The van der Waals surface area contributed by atoms with Crippen LogP contribution in [0.4, 0.5) is 5.69 Å². The zero-order chi connectivity index (χ0) is 15.8. The monoisotopic (exact) mass is 326 g/mol. The van der Waals surface area contributed by atoms with Gasteiger partial charge in [0.25, 0.3) is 0 Å². The number of benzene rings is 2. The summed E-state index contributed by atoms with van der Waals surface area (Å²) in [6.07, 6.45) is 0. The summed E-state index contributed by atoms with van der Waals surface area (Å²) in [5, 5.41) is 6.52. The average Bonchev–Trinajstić information content (AvgIpc) is 2.58. The number of nitrogens with one attached hydrogen (secondary N) is 2. The van der Waals surface area contributed by atoms with Gasteiger partial charge in [0.15, 0.2) is 16.6 Å². The van der Waals surface area contributed by atoms with Crippen molar-refractivity contribution >= 4 is 45.1 Å². The van der Waals surface area contributed by atoms with Gasteiger partial charge in [-0.3, -0.25) is 0 Å². The standard InChI is InChI=1S/C16H14N4O2S/c1-17-16(23)18-9-2-3-10-11(6-9)20-13-8-15-14(7-12(13)19-10)21-4-5-22-15/h2-3,6-8H,4-5H2,1H3,(H2,17,18,23). The maximum atomic E-state index is 5.60. The van der Waals surface area contributed by atoms with Crippen LogP contribution in [-0.4, -0.2) is 35.3 Å². The largest absolute Gasteiger partial charge is 0.486 e. The van der Waals surface area contributed by atoms with E-state index in [4.69, 9.17) is 21.7 Å². The van der Waals surface area contributed by atoms with Gasteiger partial charge in [-0.1, -0.05) is 0 Å². The second-order valence-corrected chi connectivity index (χ2v) is 5.52. The normalized spacial score (nSPS) is 13.1. The maximum Gasteiger partial charge on any atom is 0.170 e. The molecule has 0 saturated heterocycles. The highest BCUT2D eigenvalue weighted by Gasteiger charge is 2.14. The summed E-state index contributed by atoms with van der Waals surface area (Å²) in [6, 6.07) is 9.50. The van der Waals surface area contributed by atoms with Crippen LogP contribution >= 0.6 is 12.2 Å². The molecule has 1 aromatic heterocycles. The Bertz CT molecular complexity index is 929. The van der Waals surface area contributed by atoms with Gasteiger partial charge in [-0.2, -0.15) is 0 Å². The van der Waals surface area contributed by atoms with Gasteiger partial charge in [0, 0.05) is 24.9 Å². The van der Waals surface area contributed by atoms with Crippen molar-refractivity contribution in [3.8, 4) is 11.5 Å². The summed E-state index contributed by atoms with van der Waals surface area (Å²) in [7, 11) is 1.77. The summed E-state index contributed by atoms with van der Waals surface area (Å²) >= 11 is 5.12. The molecule has 0 amide bonds. The van der Waals surface area contributed by atoms with Crippen molar-refractivity contribution in [2.45, 2.75) is 0 Å². The minimum Gasteiger partial charge on any atom is -0.486 e. The van der Waals surface area contributed by atoms with Crippen molar-refractivity contribution in [2.24, 2.45) is 0 Å². The lowest BCUT2D eigenvalue weighted by atomic mass is 10.2. The first-order chi connectivity index (χ1) is 11.2. The van der Waals surface area contributed by atoms with E-state index in [1.165, 1.54) is 0 Å². The van der Waals surface area contributed by atoms with Crippen LogP contribution in [0.2, 0.25) is 0 Å². The Balaban J connectivity index is 1.82. The first kappa shape index (κ1) is 14.0. The Labute approximate surface area is 137 Å². The summed E-state index contributed by atoms with van der Waals surface area (Å²) in [4.78, 5) is 9.33. The topological polar surface area (TPSA) is 68.3 Å². The van der Waals surface area contributed by atoms with E-state index in [-0.39, 0.29) is 0 Å². The molecule has 0 bridgehead atoms. The zero-order valence-corrected chi connectivity index (χ0v) is 13.2. The molecule has 23 heavy (non-hydrogen) atoms. The fraction of sp³-hybridized carbons (Fsp3) is 0.188. The number of fused-ring (bicyclic) bond motifs is 3. The first-order valence-electron chi connectivity index (χ1n) is 7.23. The molecule has 2 heterocycles. The van der Waals surface area contributed by atoms with E-state index >= 15 is 0 Å². The molecule has 0 spiro atoms. The van der Waals surface area contributed by atoms with E-state index in [1.807, 2.05) is 30.3 Å². The van der Waals surface area contributed by atoms with E-state index in [0.29, 0.717) is 24.1 Å². The van der Waals surface area contributed by atoms with Crippen LogP contribution in [-0.2, 0) is 0 Å². The molecule has 0 unspecified atom stereocenters. The van der Waals surface area contributed by atoms with Gasteiger partial charge in [0.1, 0.15) is 13.2 Å². The number of rotatable bonds is 1. The predicted molar refractivity (Wildman–Crippen MR) is 93.3 cm³/mol. The van der Waals surface area contributed by atoms with Crippen molar-refractivity contribution in [2.75, 3.05) is 25.6 Å². The Morgan fingerprint density at radius 1 is 0.957 bits per heavy atom. The molecule has 116 valence electrons. The fourth-order valence-electron chi connectivity index (χ4n) is 2.48. The molecule has 7 heteroatoms. The molecule has 2 N–H and O–H groups in total. The third-order valence-electron chi connectivity index (χ3n) is 3.58. The summed E-state index contributed by atoms with van der Waals surface area (Å²) in [5.74, 6) is 1.43. The van der Waals surface area contributed by atoms with Crippen LogP contribution in [0, 0.1) is 0 Å². The number of ether oxygens (including phenoxy) is 2. The molecule has 3 aromatic rings. The molecule has 4 rings (SSSR count). The van der Waals surface area contributed by atoms with E-state index in [9.17, 15) is 0 Å². The predicted octanol–water partition coefficient (Wildman–Crippen LogP) is 2.47. The van der Waals surface area contributed by atoms with Crippen molar-refractivity contribution in [1.29, 1.82) is 0 Å². The third-order valence-corrected chi connectivity index (χ3v) is 3.89. The molecule has 0 aliphatic carbocycles. The third kappa shape index (κ3) is 2.59. The van der Waals surface area contributed by atoms with Crippen LogP contribution < -0.4 is 20.1 Å². The quantitative estimate of drug-likeness (QED) is 0.526. The number of aromatic nitrogens is 2. The van der Waals surface area contributed by atoms with Crippen molar-refractivity contribution in [1.82, 2.24) is 15.3 Å². The van der Waals surface area contributed by atoms with E-state index in [1.54, 1.807) is 7.05 Å². The Hall–Kier alpha value is -2.67. The fourth-order valence-corrected chi connectivity index (χ4v) is 2.60. The Morgan fingerprint density at radius 2 is 1.57 bits per heavy atom. The van der Waals surface area contributed by atoms with Crippen molar-refractivity contribution < 1.29 is 9.47 Å². The smallest absolute Gasteiger partial charge is 0.170 e. The second-order valence-electron chi connectivity index (χ2n) is 5.12. The van der Waals surface area contributed by atoms with Crippen LogP contribution in [0.25, 0.3) is 22.1 Å². The van der Waals surface area contributed by atoms with Gasteiger partial charge in [0.05, 0.1) is 22.1 Å². The van der Waals surface area contributed by atoms with E-state index in [0.717, 1.165) is 33.5 Å². The molecule has 1 aliphatic heterocycles. The molecular weight excluding hydrogens is 312 g/mol. The van der Waals surface area contributed by atoms with E-state index in [2.05, 4.69) is 20.6 Å². The highest BCUT2D eigenvalue weighted by molar-refractivity contribution is 7.80. The van der Waals surface area contributed by atoms with Gasteiger partial charge >= 0.3 is 0 Å². The molecule has 1 aliphatic rings. The Kier molecular flexibility index (Phi) is 3.34. The van der Waals surface area contributed by atoms with Crippen molar-refractivity contribution in [3.05, 3.63) is 30.3 Å². The number of hydrogen-bond donors (Lipinski definition) is 2. The number of nitrogens with zero attached hydrogens (tertiary/aromatic N) is 2. The summed E-state index contributed by atoms with van der Waals surface area (Å²) in [5.41, 5.74) is 4.03. The van der Waals surface area contributed by atoms with E-state index < -0.39 is 0 Å². The van der Waals surface area contributed by atoms with Gasteiger partial charge < -0.3 is 20.1 Å². The van der Waals surface area contributed by atoms with Gasteiger partial charge in [-0.05, 0) is 30.4 Å². The SMILES string of the molecule is CNC(=S)Nc1ccc2nc3cc4c(cc3nc2c1)OCCO4. The number of thiocarbonyl (C=S) groups is 1. The lowest BCUT2D eigenvalue weighted by molar-refractivity contribution is 0.172. The molecule has 6 nitrogen and oxygen atoms in total. The van der Waals surface area contributed by atoms with Crippen LogP contribution in [0.1, 0.15) is 0 Å². The van der Waals surface area contributed by atoms with Crippen LogP contribution in [0.3, 0.4) is 0 Å². The summed E-state index contributed by atoms with van der Waals surface area (Å²) in [6.45, 7) is 1.11. The number of anilines is 1. The van der Waals surface area contributed by atoms with Gasteiger partial charge in [-0.25, -0.2) is 9.97 Å². The lowest BCUT2D eigenvalue weighted by Gasteiger charge is -2.18. The molecule has 0 saturated carbocycles. The molecular formula is C16H14N4O2S. The summed E-state index contributed by atoms with van der Waals surface area (Å²) < 4.78 is 11.2. The maximum absolute atomic E-state index is 5.60. The van der Waals surface area contributed by atoms with Crippen LogP contribution in [0.5, 0.6) is 11.5 Å². The van der Waals surface area contributed by atoms with Gasteiger partial charge in [-0.15, -0.1) is 0 Å². The molecule has 0 fully saturated rings. The van der Waals surface area contributed by atoms with Crippen LogP contribution in [0.15, 0.2) is 30.3 Å². The molecule has 0 radical (unpaired) electrons. The molecule has 2 aromatic carbocycles. The number of hydrogen-bond acceptors (Lipinski definition) is 5. The average molecular weight is 326 g/mol. The van der Waals surface area contributed by atoms with Crippen molar-refractivity contribution in [3.63, 3.8) is 0 Å².